The van der Waals surface area contributed by atoms with Gasteiger partial charge in [-0.05, 0) is 55.8 Å². The molecular formula is C29H27FN6O3S. The van der Waals surface area contributed by atoms with E-state index in [1.54, 1.807) is 19.4 Å². The second kappa shape index (κ2) is 9.53. The highest BCUT2D eigenvalue weighted by molar-refractivity contribution is 7.15. The Balaban J connectivity index is 1.31. The Bertz CT molecular complexity index is 1940. The van der Waals surface area contributed by atoms with Crippen LogP contribution in [0, 0.1) is 5.82 Å². The van der Waals surface area contributed by atoms with Crippen molar-refractivity contribution in [1.29, 1.82) is 0 Å². The lowest BCUT2D eigenvalue weighted by Crippen LogP contribution is -2.44. The molecule has 204 valence electrons. The van der Waals surface area contributed by atoms with Crippen molar-refractivity contribution in [3.05, 3.63) is 79.1 Å². The zero-order valence-electron chi connectivity index (χ0n) is 22.1. The van der Waals surface area contributed by atoms with E-state index in [1.807, 2.05) is 35.2 Å². The van der Waals surface area contributed by atoms with Gasteiger partial charge in [0, 0.05) is 43.8 Å². The molecule has 11 heteroatoms. The van der Waals surface area contributed by atoms with Crippen LogP contribution in [0.25, 0.3) is 33.3 Å². The molecule has 9 nitrogen and oxygen atoms in total. The average Bonchev–Trinajstić information content (AvgIpc) is 3.66. The van der Waals surface area contributed by atoms with Gasteiger partial charge in [0.1, 0.15) is 11.6 Å². The SMILES string of the molecule is COc1ccc(/C=c2\sc3nc(-c4cn(C5CC5)c5cc(N6CCN(C)CC6)c(F)cc5c4=O)nn3c2=O)cc1. The molecule has 2 aliphatic rings. The van der Waals surface area contributed by atoms with Crippen LogP contribution in [0.1, 0.15) is 24.4 Å². The zero-order valence-corrected chi connectivity index (χ0v) is 22.9. The number of likely N-dealkylation sites (N-methyl/N-ethyl adjacent to an activating group) is 1. The Labute approximate surface area is 232 Å². The molecule has 1 saturated heterocycles. The standard InChI is InChI=1S/C29H27FN6O3S/c1-33-9-11-34(12-10-33)24-15-23-20(14-22(24)30)26(37)21(16-35(23)18-5-6-18)27-31-29-36(32-27)28(38)25(40-29)13-17-3-7-19(39-2)8-4-17/h3-4,7-8,13-16,18H,5-6,9-12H2,1-2H3/b25-13-. The minimum absolute atomic E-state index is 0.171. The fourth-order valence-corrected chi connectivity index (χ4v) is 6.17. The van der Waals surface area contributed by atoms with Crippen LogP contribution < -0.4 is 25.2 Å². The van der Waals surface area contributed by atoms with E-state index >= 15 is 4.39 Å². The molecule has 0 unspecified atom stereocenters. The number of methoxy groups -OCH3 is 1. The van der Waals surface area contributed by atoms with Gasteiger partial charge in [0.25, 0.3) is 5.56 Å². The highest BCUT2D eigenvalue weighted by Gasteiger charge is 2.28. The van der Waals surface area contributed by atoms with Gasteiger partial charge in [-0.2, -0.15) is 9.50 Å². The Kier molecular flexibility index (Phi) is 5.93. The summed E-state index contributed by atoms with van der Waals surface area (Å²) in [5, 5.41) is 4.72. The number of nitrogens with zero attached hydrogens (tertiary/aromatic N) is 6. The fraction of sp³-hybridized carbons (Fsp3) is 0.310. The van der Waals surface area contributed by atoms with Gasteiger partial charge >= 0.3 is 0 Å². The molecule has 2 fully saturated rings. The summed E-state index contributed by atoms with van der Waals surface area (Å²) < 4.78 is 24.4. The first-order chi connectivity index (χ1) is 19.4. The summed E-state index contributed by atoms with van der Waals surface area (Å²) in [5.41, 5.74) is 1.71. The van der Waals surface area contributed by atoms with E-state index in [0.29, 0.717) is 26.1 Å². The summed E-state index contributed by atoms with van der Waals surface area (Å²) >= 11 is 1.21. The summed E-state index contributed by atoms with van der Waals surface area (Å²) in [6, 6.07) is 10.8. The highest BCUT2D eigenvalue weighted by Crippen LogP contribution is 2.39. The lowest BCUT2D eigenvalue weighted by Gasteiger charge is -2.34. The van der Waals surface area contributed by atoms with Crippen LogP contribution in [0.5, 0.6) is 5.75 Å². The second-order valence-electron chi connectivity index (χ2n) is 10.4. The van der Waals surface area contributed by atoms with Crippen molar-refractivity contribution in [1.82, 2.24) is 24.1 Å². The number of aromatic nitrogens is 4. The molecule has 0 atom stereocenters. The normalized spacial score (nSPS) is 16.9. The van der Waals surface area contributed by atoms with Crippen molar-refractivity contribution in [2.24, 2.45) is 0 Å². The van der Waals surface area contributed by atoms with Gasteiger partial charge in [-0.3, -0.25) is 9.59 Å². The van der Waals surface area contributed by atoms with Crippen molar-refractivity contribution in [2.75, 3.05) is 45.2 Å². The minimum atomic E-state index is -0.409. The molecule has 7 rings (SSSR count). The van der Waals surface area contributed by atoms with Crippen molar-refractivity contribution in [3.63, 3.8) is 0 Å². The maximum absolute atomic E-state index is 15.4. The first-order valence-electron chi connectivity index (χ1n) is 13.3. The Hall–Kier alpha value is -4.09. The molecule has 0 bridgehead atoms. The maximum Gasteiger partial charge on any atom is 0.291 e. The maximum atomic E-state index is 15.4. The molecule has 0 N–H and O–H groups in total. The lowest BCUT2D eigenvalue weighted by atomic mass is 10.1. The Morgan fingerprint density at radius 2 is 1.82 bits per heavy atom. The van der Waals surface area contributed by atoms with Gasteiger partial charge in [0.2, 0.25) is 10.4 Å². The van der Waals surface area contributed by atoms with Crippen molar-refractivity contribution < 1.29 is 9.13 Å². The zero-order chi connectivity index (χ0) is 27.5. The van der Waals surface area contributed by atoms with Gasteiger partial charge in [-0.25, -0.2) is 4.39 Å². The smallest absolute Gasteiger partial charge is 0.291 e. The predicted molar refractivity (Wildman–Crippen MR) is 154 cm³/mol. The van der Waals surface area contributed by atoms with Gasteiger partial charge in [0.05, 0.1) is 28.4 Å². The molecule has 40 heavy (non-hydrogen) atoms. The molecule has 0 radical (unpaired) electrons. The predicted octanol–water partition coefficient (Wildman–Crippen LogP) is 2.92. The number of hydrogen-bond acceptors (Lipinski definition) is 8. The number of rotatable bonds is 5. The van der Waals surface area contributed by atoms with Crippen molar-refractivity contribution in [2.45, 2.75) is 18.9 Å². The van der Waals surface area contributed by atoms with Gasteiger partial charge < -0.3 is 19.1 Å². The molecule has 3 aromatic heterocycles. The molecule has 1 aliphatic carbocycles. The van der Waals surface area contributed by atoms with Crippen LogP contribution in [-0.4, -0.2) is 64.4 Å². The summed E-state index contributed by atoms with van der Waals surface area (Å²) in [6.07, 6.45) is 5.53. The number of hydrogen-bond donors (Lipinski definition) is 0. The first-order valence-corrected chi connectivity index (χ1v) is 14.1. The summed E-state index contributed by atoms with van der Waals surface area (Å²) in [7, 11) is 3.66. The van der Waals surface area contributed by atoms with Crippen LogP contribution in [0.2, 0.25) is 0 Å². The van der Waals surface area contributed by atoms with Gasteiger partial charge in [-0.15, -0.1) is 5.10 Å². The van der Waals surface area contributed by atoms with Crippen molar-refractivity contribution >= 4 is 39.0 Å². The number of ether oxygens (including phenoxy) is 1. The number of halogens is 1. The number of fused-ring (bicyclic) bond motifs is 2. The van der Waals surface area contributed by atoms with E-state index in [0.717, 1.165) is 50.3 Å². The number of thiazole rings is 1. The fourth-order valence-electron chi connectivity index (χ4n) is 5.26. The lowest BCUT2D eigenvalue weighted by molar-refractivity contribution is 0.312. The van der Waals surface area contributed by atoms with E-state index in [1.165, 1.54) is 21.9 Å². The summed E-state index contributed by atoms with van der Waals surface area (Å²) in [4.78, 5) is 36.0. The van der Waals surface area contributed by atoms with Crippen LogP contribution in [-0.2, 0) is 0 Å². The van der Waals surface area contributed by atoms with Crippen LogP contribution in [0.3, 0.4) is 0 Å². The van der Waals surface area contributed by atoms with E-state index in [2.05, 4.69) is 26.6 Å². The van der Waals surface area contributed by atoms with Crippen LogP contribution in [0.15, 0.2) is 52.2 Å². The number of anilines is 1. The van der Waals surface area contributed by atoms with Crippen LogP contribution in [0.4, 0.5) is 10.1 Å². The van der Waals surface area contributed by atoms with Crippen molar-refractivity contribution in [3.8, 4) is 17.1 Å². The third-order valence-electron chi connectivity index (χ3n) is 7.72. The molecule has 5 aromatic rings. The molecular weight excluding hydrogens is 531 g/mol. The third kappa shape index (κ3) is 4.25. The average molecular weight is 559 g/mol. The van der Waals surface area contributed by atoms with E-state index in [4.69, 9.17) is 4.74 Å². The first kappa shape index (κ1) is 24.9. The molecule has 0 amide bonds. The molecule has 4 heterocycles. The minimum Gasteiger partial charge on any atom is -0.497 e. The highest BCUT2D eigenvalue weighted by atomic mass is 32.1. The van der Waals surface area contributed by atoms with E-state index in [9.17, 15) is 9.59 Å². The number of pyridine rings is 1. The molecule has 1 saturated carbocycles. The number of benzene rings is 2. The Morgan fingerprint density at radius 3 is 2.50 bits per heavy atom. The van der Waals surface area contributed by atoms with E-state index < -0.39 is 5.82 Å². The summed E-state index contributed by atoms with van der Waals surface area (Å²) in [5.74, 6) is 0.492. The van der Waals surface area contributed by atoms with Gasteiger partial charge in [-0.1, -0.05) is 23.5 Å². The summed E-state index contributed by atoms with van der Waals surface area (Å²) in [6.45, 7) is 3.18. The quantitative estimate of drug-likeness (QED) is 0.328. The number of piperazine rings is 1. The largest absolute Gasteiger partial charge is 0.497 e. The molecule has 1 aliphatic heterocycles. The van der Waals surface area contributed by atoms with E-state index in [-0.39, 0.29) is 28.4 Å². The van der Waals surface area contributed by atoms with Crippen LogP contribution >= 0.6 is 11.3 Å². The molecule has 0 spiro atoms. The Morgan fingerprint density at radius 1 is 1.07 bits per heavy atom. The topological polar surface area (TPSA) is 85.0 Å². The monoisotopic (exact) mass is 558 g/mol. The second-order valence-corrected chi connectivity index (χ2v) is 11.4. The third-order valence-corrected chi connectivity index (χ3v) is 8.68. The molecule has 2 aromatic carbocycles. The van der Waals surface area contributed by atoms with Gasteiger partial charge in [0.15, 0.2) is 5.82 Å².